The second kappa shape index (κ2) is 8.57. The molecule has 150 valence electrons. The van der Waals surface area contributed by atoms with Crippen molar-refractivity contribution in [2.24, 2.45) is 0 Å². The number of benzene rings is 2. The minimum atomic E-state index is -3.69. The van der Waals surface area contributed by atoms with E-state index in [1.807, 2.05) is 0 Å². The Hall–Kier alpha value is -2.65. The van der Waals surface area contributed by atoms with Crippen molar-refractivity contribution in [3.8, 4) is 11.5 Å². The topological polar surface area (TPSA) is 90.4 Å². The van der Waals surface area contributed by atoms with Gasteiger partial charge >= 0.3 is 0 Å². The summed E-state index contributed by atoms with van der Waals surface area (Å²) >= 11 is 0. The van der Waals surface area contributed by atoms with E-state index in [1.54, 1.807) is 12.1 Å². The molecule has 0 atom stereocenters. The first-order valence-electron chi connectivity index (χ1n) is 8.05. The van der Waals surface area contributed by atoms with Crippen LogP contribution in [0.5, 0.6) is 11.5 Å². The lowest BCUT2D eigenvalue weighted by atomic mass is 10.2. The summed E-state index contributed by atoms with van der Waals surface area (Å²) in [6.07, 6.45) is 1.36. The molecule has 0 saturated heterocycles. The number of ether oxygens (including phenoxy) is 2. The van der Waals surface area contributed by atoms with Crippen LogP contribution in [0.4, 0.5) is 15.9 Å². The molecule has 10 heteroatoms. The number of fused-ring (bicyclic) bond motifs is 1. The van der Waals surface area contributed by atoms with E-state index >= 15 is 0 Å². The molecule has 0 saturated carbocycles. The van der Waals surface area contributed by atoms with E-state index < -0.39 is 15.7 Å². The highest BCUT2D eigenvalue weighted by molar-refractivity contribution is 7.91. The highest BCUT2D eigenvalue weighted by Crippen LogP contribution is 2.34. The quantitative estimate of drug-likeness (QED) is 0.640. The van der Waals surface area contributed by atoms with Crippen LogP contribution in [0.2, 0.25) is 0 Å². The smallest absolute Gasteiger partial charge is 0.181 e. The van der Waals surface area contributed by atoms with Gasteiger partial charge in [0.15, 0.2) is 21.3 Å². The largest absolute Gasteiger partial charge is 0.493 e. The molecule has 0 aliphatic carbocycles. The van der Waals surface area contributed by atoms with Crippen LogP contribution in [0, 0.1) is 5.82 Å². The van der Waals surface area contributed by atoms with Crippen LogP contribution in [-0.2, 0) is 9.84 Å². The molecule has 0 bridgehead atoms. The van der Waals surface area contributed by atoms with Gasteiger partial charge in [-0.2, -0.15) is 0 Å². The lowest BCUT2D eigenvalue weighted by molar-refractivity contribution is 0.356. The number of rotatable bonds is 6. The number of methoxy groups -OCH3 is 2. The van der Waals surface area contributed by atoms with Gasteiger partial charge in [0, 0.05) is 17.1 Å². The van der Waals surface area contributed by atoms with Gasteiger partial charge in [-0.25, -0.2) is 22.8 Å². The molecule has 0 fully saturated rings. The predicted octanol–water partition coefficient (Wildman–Crippen LogP) is 3.75. The fourth-order valence-electron chi connectivity index (χ4n) is 2.59. The highest BCUT2D eigenvalue weighted by atomic mass is 35.5. The Bertz CT molecular complexity index is 1110. The molecule has 2 aromatic carbocycles. The zero-order valence-electron chi connectivity index (χ0n) is 15.4. The Labute approximate surface area is 168 Å². The van der Waals surface area contributed by atoms with Crippen LogP contribution < -0.4 is 14.8 Å². The highest BCUT2D eigenvalue weighted by Gasteiger charge is 2.18. The zero-order valence-corrected chi connectivity index (χ0v) is 17.0. The second-order valence-electron chi connectivity index (χ2n) is 5.62. The Morgan fingerprint density at radius 2 is 1.75 bits per heavy atom. The van der Waals surface area contributed by atoms with Crippen molar-refractivity contribution < 1.29 is 22.3 Å². The summed E-state index contributed by atoms with van der Waals surface area (Å²) < 4.78 is 48.7. The molecule has 1 N–H and O–H groups in total. The Kier molecular flexibility index (Phi) is 6.63. The van der Waals surface area contributed by atoms with Crippen LogP contribution in [0.3, 0.4) is 0 Å². The molecule has 1 aromatic heterocycles. The van der Waals surface area contributed by atoms with Crippen molar-refractivity contribution in [1.82, 2.24) is 9.97 Å². The average molecular weight is 428 g/mol. The fraction of sp³-hybridized carbons (Fsp3) is 0.222. The van der Waals surface area contributed by atoms with Gasteiger partial charge in [-0.3, -0.25) is 0 Å². The standard InChI is InChI=1S/C18H18FN3O4S.ClH/c1-4-27(23,24)17-7-11(5-6-13(17)19)22-18-12-8-15(25-2)16(26-3)9-14(12)20-10-21-18;/h5-10H,4H2,1-3H3,(H,20,21,22);1H. The molecular weight excluding hydrogens is 409 g/mol. The molecule has 28 heavy (non-hydrogen) atoms. The van der Waals surface area contributed by atoms with Gasteiger partial charge in [0.1, 0.15) is 22.9 Å². The van der Waals surface area contributed by atoms with Crippen molar-refractivity contribution >= 4 is 44.7 Å². The van der Waals surface area contributed by atoms with Crippen LogP contribution >= 0.6 is 12.4 Å². The Morgan fingerprint density at radius 1 is 1.07 bits per heavy atom. The fourth-order valence-corrected chi connectivity index (χ4v) is 3.58. The molecule has 3 aromatic rings. The summed E-state index contributed by atoms with van der Waals surface area (Å²) in [7, 11) is -0.648. The van der Waals surface area contributed by atoms with Gasteiger partial charge < -0.3 is 14.8 Å². The van der Waals surface area contributed by atoms with E-state index in [4.69, 9.17) is 9.47 Å². The lowest BCUT2D eigenvalue weighted by Gasteiger charge is -2.13. The molecule has 0 aliphatic heterocycles. The number of halogens is 2. The summed E-state index contributed by atoms with van der Waals surface area (Å²) in [4.78, 5) is 8.06. The molecule has 0 spiro atoms. The second-order valence-corrected chi connectivity index (χ2v) is 7.87. The number of anilines is 2. The van der Waals surface area contributed by atoms with E-state index in [2.05, 4.69) is 15.3 Å². The minimum Gasteiger partial charge on any atom is -0.493 e. The number of nitrogens with zero attached hydrogens (tertiary/aromatic N) is 2. The van der Waals surface area contributed by atoms with Crippen molar-refractivity contribution in [1.29, 1.82) is 0 Å². The predicted molar refractivity (Wildman–Crippen MR) is 107 cm³/mol. The number of hydrogen-bond acceptors (Lipinski definition) is 7. The number of hydrogen-bond donors (Lipinski definition) is 1. The van der Waals surface area contributed by atoms with Crippen LogP contribution in [0.25, 0.3) is 10.9 Å². The first-order valence-corrected chi connectivity index (χ1v) is 9.71. The van der Waals surface area contributed by atoms with E-state index in [0.29, 0.717) is 33.9 Å². The van der Waals surface area contributed by atoms with Gasteiger partial charge in [-0.05, 0) is 24.3 Å². The van der Waals surface area contributed by atoms with E-state index in [0.717, 1.165) is 6.07 Å². The SMILES string of the molecule is CCS(=O)(=O)c1cc(Nc2ncnc3cc(OC)c(OC)cc23)ccc1F.Cl. The zero-order chi connectivity index (χ0) is 19.6. The summed E-state index contributed by atoms with van der Waals surface area (Å²) in [6.45, 7) is 1.46. The first-order chi connectivity index (χ1) is 12.9. The Morgan fingerprint density at radius 3 is 2.39 bits per heavy atom. The molecule has 0 unspecified atom stereocenters. The van der Waals surface area contributed by atoms with Crippen molar-refractivity contribution in [3.05, 3.63) is 42.5 Å². The maximum atomic E-state index is 14.0. The maximum absolute atomic E-state index is 14.0. The van der Waals surface area contributed by atoms with E-state index in [-0.39, 0.29) is 23.1 Å². The van der Waals surface area contributed by atoms with Crippen molar-refractivity contribution in [2.45, 2.75) is 11.8 Å². The molecular formula is C18H19ClFN3O4S. The van der Waals surface area contributed by atoms with Gasteiger partial charge in [-0.1, -0.05) is 6.92 Å². The lowest BCUT2D eigenvalue weighted by Crippen LogP contribution is -2.07. The third kappa shape index (κ3) is 4.10. The average Bonchev–Trinajstić information content (AvgIpc) is 2.68. The summed E-state index contributed by atoms with van der Waals surface area (Å²) in [5.41, 5.74) is 0.992. The summed E-state index contributed by atoms with van der Waals surface area (Å²) in [6, 6.07) is 7.22. The molecule has 0 radical (unpaired) electrons. The number of nitrogens with one attached hydrogen (secondary N) is 1. The normalized spacial score (nSPS) is 11.0. The maximum Gasteiger partial charge on any atom is 0.181 e. The monoisotopic (exact) mass is 427 g/mol. The third-order valence-corrected chi connectivity index (χ3v) is 5.79. The van der Waals surface area contributed by atoms with Gasteiger partial charge in [0.2, 0.25) is 0 Å². The number of sulfone groups is 1. The van der Waals surface area contributed by atoms with Gasteiger partial charge in [-0.15, -0.1) is 12.4 Å². The van der Waals surface area contributed by atoms with E-state index in [1.165, 1.54) is 39.6 Å². The van der Waals surface area contributed by atoms with Gasteiger partial charge in [0.25, 0.3) is 0 Å². The van der Waals surface area contributed by atoms with Crippen LogP contribution in [0.15, 0.2) is 41.6 Å². The van der Waals surface area contributed by atoms with E-state index in [9.17, 15) is 12.8 Å². The molecule has 7 nitrogen and oxygen atoms in total. The third-order valence-electron chi connectivity index (χ3n) is 4.05. The molecule has 0 amide bonds. The summed E-state index contributed by atoms with van der Waals surface area (Å²) in [5, 5.41) is 3.66. The van der Waals surface area contributed by atoms with Crippen molar-refractivity contribution in [3.63, 3.8) is 0 Å². The van der Waals surface area contributed by atoms with Crippen LogP contribution in [0.1, 0.15) is 6.92 Å². The Balaban J connectivity index is 0.00000280. The first kappa shape index (κ1) is 21.6. The molecule has 3 rings (SSSR count). The summed E-state index contributed by atoms with van der Waals surface area (Å²) in [5.74, 6) is 0.457. The molecule has 0 aliphatic rings. The van der Waals surface area contributed by atoms with Crippen LogP contribution in [-0.4, -0.2) is 38.4 Å². The van der Waals surface area contributed by atoms with Gasteiger partial charge in [0.05, 0.1) is 25.5 Å². The van der Waals surface area contributed by atoms with Crippen molar-refractivity contribution in [2.75, 3.05) is 25.3 Å². The minimum absolute atomic E-state index is 0. The number of aromatic nitrogens is 2. The molecule has 1 heterocycles.